The lowest BCUT2D eigenvalue weighted by molar-refractivity contribution is 0.414. The molecule has 0 bridgehead atoms. The van der Waals surface area contributed by atoms with E-state index in [1.54, 1.807) is 7.11 Å². The second-order valence-electron chi connectivity index (χ2n) is 6.43. The van der Waals surface area contributed by atoms with Gasteiger partial charge in [-0.15, -0.1) is 0 Å². The van der Waals surface area contributed by atoms with Gasteiger partial charge >= 0.3 is 0 Å². The van der Waals surface area contributed by atoms with E-state index in [0.29, 0.717) is 0 Å². The fourth-order valence-electron chi connectivity index (χ4n) is 3.62. The maximum absolute atomic E-state index is 5.34. The zero-order valence-electron chi connectivity index (χ0n) is 14.9. The van der Waals surface area contributed by atoms with Crippen LogP contribution in [0.2, 0.25) is 0 Å². The summed E-state index contributed by atoms with van der Waals surface area (Å²) in [6.07, 6.45) is 8.01. The summed E-state index contributed by atoms with van der Waals surface area (Å²) < 4.78 is 9.61. The zero-order chi connectivity index (χ0) is 18.2. The van der Waals surface area contributed by atoms with E-state index in [0.717, 1.165) is 34.0 Å². The third-order valence-electron chi connectivity index (χ3n) is 4.93. The minimum absolute atomic E-state index is 0.00861. The second-order valence-corrected chi connectivity index (χ2v) is 6.43. The van der Waals surface area contributed by atoms with E-state index in [2.05, 4.69) is 43.3 Å². The fourth-order valence-corrected chi connectivity index (χ4v) is 3.62. The van der Waals surface area contributed by atoms with Crippen LogP contribution >= 0.6 is 0 Å². The van der Waals surface area contributed by atoms with Crippen LogP contribution in [-0.2, 0) is 0 Å². The van der Waals surface area contributed by atoms with Crippen LogP contribution in [-0.4, -0.2) is 25.9 Å². The topological polar surface area (TPSA) is 43.8 Å². The Morgan fingerprint density at radius 2 is 1.30 bits per heavy atom. The van der Waals surface area contributed by atoms with Gasteiger partial charge in [0, 0.05) is 12.4 Å². The molecule has 0 fully saturated rings. The van der Waals surface area contributed by atoms with Crippen molar-refractivity contribution in [1.29, 1.82) is 0 Å². The number of hydrogen-bond acceptors (Lipinski definition) is 3. The molecule has 0 amide bonds. The lowest BCUT2D eigenvalue weighted by Gasteiger charge is -2.18. The van der Waals surface area contributed by atoms with Crippen LogP contribution in [0.4, 0.5) is 0 Å². The average molecular weight is 354 g/mol. The molecule has 4 aromatic heterocycles. The Hall–Kier alpha value is -3.60. The maximum Gasteiger partial charge on any atom is 0.136 e. The molecule has 5 nitrogen and oxygen atoms in total. The molecule has 0 saturated carbocycles. The van der Waals surface area contributed by atoms with Crippen LogP contribution in [0.1, 0.15) is 22.9 Å². The summed E-state index contributed by atoms with van der Waals surface area (Å²) in [5, 5.41) is 0. The number of nitrogens with zero attached hydrogens (tertiary/aromatic N) is 4. The zero-order valence-corrected chi connectivity index (χ0v) is 14.9. The predicted molar refractivity (Wildman–Crippen MR) is 104 cm³/mol. The Kier molecular flexibility index (Phi) is 3.64. The molecule has 0 aliphatic heterocycles. The highest BCUT2D eigenvalue weighted by Crippen LogP contribution is 2.33. The summed E-state index contributed by atoms with van der Waals surface area (Å²) in [6.45, 7) is 0. The van der Waals surface area contributed by atoms with Crippen LogP contribution in [0.15, 0.2) is 85.5 Å². The molecule has 4 heterocycles. The van der Waals surface area contributed by atoms with Crippen molar-refractivity contribution in [2.24, 2.45) is 0 Å². The van der Waals surface area contributed by atoms with Gasteiger partial charge in [0.25, 0.3) is 0 Å². The van der Waals surface area contributed by atoms with Crippen LogP contribution in [0.3, 0.4) is 0 Å². The van der Waals surface area contributed by atoms with E-state index >= 15 is 0 Å². The first-order valence-electron chi connectivity index (χ1n) is 8.83. The van der Waals surface area contributed by atoms with Crippen molar-refractivity contribution in [1.82, 2.24) is 18.8 Å². The number of hydrogen-bond donors (Lipinski definition) is 0. The first kappa shape index (κ1) is 15.6. The quantitative estimate of drug-likeness (QED) is 0.486. The summed E-state index contributed by atoms with van der Waals surface area (Å²) in [4.78, 5) is 9.19. The number of rotatable bonds is 4. The van der Waals surface area contributed by atoms with Gasteiger partial charge in [-0.05, 0) is 42.0 Å². The Balaban J connectivity index is 1.76. The molecule has 5 heteroatoms. The van der Waals surface area contributed by atoms with E-state index in [9.17, 15) is 0 Å². The molecular weight excluding hydrogens is 336 g/mol. The van der Waals surface area contributed by atoms with E-state index in [4.69, 9.17) is 4.74 Å². The molecular formula is C22H18N4O. The minimum atomic E-state index is -0.00861. The number of methoxy groups -OCH3 is 1. The van der Waals surface area contributed by atoms with Gasteiger partial charge in [-0.1, -0.05) is 24.3 Å². The standard InChI is InChI=1S/C22H18N4O/c1-27-17-10-8-16(9-11-17)22(18-14-23-20-6-2-4-12-25(18)20)19-15-24-21-7-3-5-13-26(19)21/h2-15,22H,1H3. The first-order valence-corrected chi connectivity index (χ1v) is 8.83. The van der Waals surface area contributed by atoms with Crippen LogP contribution < -0.4 is 4.74 Å². The molecule has 0 saturated heterocycles. The van der Waals surface area contributed by atoms with Gasteiger partial charge in [0.2, 0.25) is 0 Å². The summed E-state index contributed by atoms with van der Waals surface area (Å²) in [6, 6.07) is 20.3. The predicted octanol–water partition coefficient (Wildman–Crippen LogP) is 4.17. The summed E-state index contributed by atoms with van der Waals surface area (Å²) in [7, 11) is 1.68. The van der Waals surface area contributed by atoms with Crippen LogP contribution in [0.5, 0.6) is 5.75 Å². The van der Waals surface area contributed by atoms with Crippen molar-refractivity contribution in [2.45, 2.75) is 5.92 Å². The third kappa shape index (κ3) is 2.56. The van der Waals surface area contributed by atoms with Crippen molar-refractivity contribution in [3.8, 4) is 5.75 Å². The summed E-state index contributed by atoms with van der Waals surface area (Å²) >= 11 is 0. The number of aromatic nitrogens is 4. The van der Waals surface area contributed by atoms with Gasteiger partial charge < -0.3 is 13.5 Å². The molecule has 0 spiro atoms. The van der Waals surface area contributed by atoms with E-state index in [1.165, 1.54) is 0 Å². The summed E-state index contributed by atoms with van der Waals surface area (Å²) in [5.74, 6) is 0.833. The monoisotopic (exact) mass is 354 g/mol. The molecule has 0 atom stereocenters. The number of imidazole rings is 2. The molecule has 0 aliphatic carbocycles. The van der Waals surface area contributed by atoms with Crippen molar-refractivity contribution in [3.63, 3.8) is 0 Å². The maximum atomic E-state index is 5.34. The van der Waals surface area contributed by atoms with Gasteiger partial charge in [0.15, 0.2) is 0 Å². The average Bonchev–Trinajstić information content (AvgIpc) is 3.34. The second kappa shape index (κ2) is 6.29. The number of benzene rings is 1. The van der Waals surface area contributed by atoms with Gasteiger partial charge in [-0.2, -0.15) is 0 Å². The van der Waals surface area contributed by atoms with E-state index in [-0.39, 0.29) is 5.92 Å². The normalized spacial score (nSPS) is 11.5. The highest BCUT2D eigenvalue weighted by molar-refractivity contribution is 5.49. The van der Waals surface area contributed by atoms with Crippen molar-refractivity contribution in [3.05, 3.63) is 102 Å². The van der Waals surface area contributed by atoms with Crippen molar-refractivity contribution >= 4 is 11.3 Å². The summed E-state index contributed by atoms with van der Waals surface area (Å²) in [5.41, 5.74) is 5.22. The molecule has 5 aromatic rings. The molecule has 5 rings (SSSR count). The fraction of sp³-hybridized carbons (Fsp3) is 0.0909. The van der Waals surface area contributed by atoms with Gasteiger partial charge in [-0.25, -0.2) is 9.97 Å². The Morgan fingerprint density at radius 1 is 0.741 bits per heavy atom. The lowest BCUT2D eigenvalue weighted by atomic mass is 9.93. The lowest BCUT2D eigenvalue weighted by Crippen LogP contribution is -2.09. The molecule has 27 heavy (non-hydrogen) atoms. The smallest absolute Gasteiger partial charge is 0.136 e. The Bertz CT molecular complexity index is 1150. The van der Waals surface area contributed by atoms with Crippen LogP contribution in [0, 0.1) is 0 Å². The largest absolute Gasteiger partial charge is 0.497 e. The number of pyridine rings is 2. The first-order chi connectivity index (χ1) is 13.3. The molecule has 0 N–H and O–H groups in total. The van der Waals surface area contributed by atoms with Gasteiger partial charge in [0.1, 0.15) is 17.0 Å². The highest BCUT2D eigenvalue weighted by atomic mass is 16.5. The molecule has 0 aliphatic rings. The van der Waals surface area contributed by atoms with Gasteiger partial charge in [-0.3, -0.25) is 0 Å². The van der Waals surface area contributed by atoms with Crippen molar-refractivity contribution < 1.29 is 4.74 Å². The number of fused-ring (bicyclic) bond motifs is 2. The van der Waals surface area contributed by atoms with Crippen molar-refractivity contribution in [2.75, 3.05) is 7.11 Å². The highest BCUT2D eigenvalue weighted by Gasteiger charge is 2.24. The van der Waals surface area contributed by atoms with E-state index < -0.39 is 0 Å². The molecule has 132 valence electrons. The van der Waals surface area contributed by atoms with E-state index in [1.807, 2.05) is 60.9 Å². The Labute approximate surface area is 156 Å². The minimum Gasteiger partial charge on any atom is -0.497 e. The molecule has 0 radical (unpaired) electrons. The third-order valence-corrected chi connectivity index (χ3v) is 4.93. The SMILES string of the molecule is COc1ccc(C(c2cnc3ccccn23)c2cnc3ccccn23)cc1. The Morgan fingerprint density at radius 3 is 1.81 bits per heavy atom. The van der Waals surface area contributed by atoms with Crippen LogP contribution in [0.25, 0.3) is 11.3 Å². The number of ether oxygens (including phenoxy) is 1. The molecule has 0 unspecified atom stereocenters. The molecule has 1 aromatic carbocycles. The van der Waals surface area contributed by atoms with Gasteiger partial charge in [0.05, 0.1) is 36.8 Å².